The van der Waals surface area contributed by atoms with Crippen LogP contribution in [0.5, 0.6) is 0 Å². The Labute approximate surface area is 202 Å². The van der Waals surface area contributed by atoms with Crippen LogP contribution in [0.15, 0.2) is 0 Å². The summed E-state index contributed by atoms with van der Waals surface area (Å²) in [6.45, 7) is 4.93. The third-order valence-corrected chi connectivity index (χ3v) is 12.0. The highest BCUT2D eigenvalue weighted by molar-refractivity contribution is 5.42. The molecule has 1 N–H and O–H groups in total. The van der Waals surface area contributed by atoms with Crippen LogP contribution in [0.2, 0.25) is 0 Å². The lowest BCUT2D eigenvalue weighted by atomic mass is 9.42. The normalized spacial score (nSPS) is 61.1. The molecule has 192 valence electrons. The molecule has 7 rings (SSSR count). The van der Waals surface area contributed by atoms with E-state index in [1.54, 1.807) is 7.11 Å². The zero-order valence-corrected chi connectivity index (χ0v) is 21.2. The quantitative estimate of drug-likeness (QED) is 0.611. The molecule has 7 aliphatic rings. The molecule has 7 bridgehead atoms. The minimum Gasteiger partial charge on any atom is -0.390 e. The van der Waals surface area contributed by atoms with E-state index >= 15 is 0 Å². The third kappa shape index (κ3) is 2.05. The highest BCUT2D eigenvalue weighted by Gasteiger charge is 2.93. The lowest BCUT2D eigenvalue weighted by molar-refractivity contribution is -0.287. The van der Waals surface area contributed by atoms with E-state index in [1.807, 2.05) is 21.3 Å². The number of hydrogen-bond acceptors (Lipinski definition) is 8. The number of hydrogen-bond donors (Lipinski definition) is 1. The number of piperidine rings is 1. The first-order valence-corrected chi connectivity index (χ1v) is 13.2. The summed E-state index contributed by atoms with van der Waals surface area (Å²) >= 11 is 0. The minimum atomic E-state index is -0.825. The van der Waals surface area contributed by atoms with Crippen LogP contribution in [-0.4, -0.2) is 107 Å². The van der Waals surface area contributed by atoms with Gasteiger partial charge in [0.15, 0.2) is 0 Å². The largest absolute Gasteiger partial charge is 0.390 e. The molecule has 7 fully saturated rings. The van der Waals surface area contributed by atoms with E-state index in [0.717, 1.165) is 38.8 Å². The number of fused-ring (bicyclic) bond motifs is 1. The maximum atomic E-state index is 12.6. The Morgan fingerprint density at radius 1 is 1.09 bits per heavy atom. The Kier molecular flexibility index (Phi) is 4.81. The Morgan fingerprint density at radius 3 is 2.59 bits per heavy atom. The summed E-state index contributed by atoms with van der Waals surface area (Å²) in [6, 6.07) is 0.0378. The molecule has 2 aliphatic heterocycles. The van der Waals surface area contributed by atoms with Gasteiger partial charge in [0.25, 0.3) is 0 Å². The molecule has 13 atom stereocenters. The first-order chi connectivity index (χ1) is 16.5. The average Bonchev–Trinajstić information content (AvgIpc) is 3.42. The molecular weight excluding hydrogens is 438 g/mol. The summed E-state index contributed by atoms with van der Waals surface area (Å²) in [5, 5.41) is 12.6. The number of methoxy groups -OCH3 is 4. The van der Waals surface area contributed by atoms with E-state index in [9.17, 15) is 5.11 Å². The second kappa shape index (κ2) is 7.16. The van der Waals surface area contributed by atoms with Gasteiger partial charge in [-0.15, -0.1) is 0 Å². The molecule has 8 nitrogen and oxygen atoms in total. The zero-order chi connectivity index (χ0) is 23.7. The monoisotopic (exact) mass is 479 g/mol. The third-order valence-electron chi connectivity index (χ3n) is 12.0. The van der Waals surface area contributed by atoms with Crippen molar-refractivity contribution in [2.45, 2.75) is 74.3 Å². The van der Waals surface area contributed by atoms with Crippen molar-refractivity contribution < 1.29 is 33.5 Å². The van der Waals surface area contributed by atoms with Gasteiger partial charge < -0.3 is 33.5 Å². The van der Waals surface area contributed by atoms with Crippen LogP contribution in [0.25, 0.3) is 0 Å². The number of aliphatic hydroxyl groups excluding tert-OH is 1. The number of rotatable bonds is 6. The van der Waals surface area contributed by atoms with Crippen LogP contribution in [0.1, 0.15) is 32.6 Å². The lowest BCUT2D eigenvalue weighted by Gasteiger charge is -2.70. The van der Waals surface area contributed by atoms with Crippen molar-refractivity contribution in [3.63, 3.8) is 0 Å². The molecule has 2 saturated heterocycles. The fourth-order valence-electron chi connectivity index (χ4n) is 11.7. The summed E-state index contributed by atoms with van der Waals surface area (Å²) in [5.74, 6) is 0.813. The van der Waals surface area contributed by atoms with Gasteiger partial charge in [-0.1, -0.05) is 6.92 Å². The number of likely N-dealkylation sites (N-methyl/N-ethyl adjacent to an activating group) is 1. The van der Waals surface area contributed by atoms with E-state index in [2.05, 4.69) is 11.8 Å². The van der Waals surface area contributed by atoms with Crippen molar-refractivity contribution in [3.8, 4) is 0 Å². The van der Waals surface area contributed by atoms with Gasteiger partial charge in [-0.25, -0.2) is 0 Å². The smallest absolute Gasteiger partial charge is 0.148 e. The average molecular weight is 480 g/mol. The van der Waals surface area contributed by atoms with Gasteiger partial charge in [-0.05, 0) is 31.7 Å². The highest BCUT2D eigenvalue weighted by atomic mass is 16.7. The van der Waals surface area contributed by atoms with Crippen molar-refractivity contribution in [2.24, 2.45) is 34.5 Å². The molecule has 0 unspecified atom stereocenters. The van der Waals surface area contributed by atoms with E-state index in [1.165, 1.54) is 0 Å². The molecule has 0 aromatic rings. The first kappa shape index (κ1) is 22.8. The van der Waals surface area contributed by atoms with Crippen molar-refractivity contribution in [2.75, 3.05) is 54.9 Å². The predicted octanol–water partition coefficient (Wildman–Crippen LogP) is 1.29. The van der Waals surface area contributed by atoms with Crippen LogP contribution >= 0.6 is 0 Å². The Balaban J connectivity index is 1.55. The maximum Gasteiger partial charge on any atom is 0.148 e. The van der Waals surface area contributed by atoms with Gasteiger partial charge in [0, 0.05) is 70.0 Å². The summed E-state index contributed by atoms with van der Waals surface area (Å²) in [6.07, 6.45) is 3.20. The standard InChI is InChI=1S/C26H41NO7/c1-6-27-11-23(12-29-2)8-7-17(31-4)25-15-9-14-16(30-3)10-24(18(15)19(14)32-5)26(22(25)27,34-13-33-24)21(28)20(23)25/h14-22,28H,6-13H2,1-5H3/t14-,15-,16+,17+,18-,19+,20-,21+,22+,23+,24-,25+,26-/m1/s1. The summed E-state index contributed by atoms with van der Waals surface area (Å²) in [4.78, 5) is 2.61. The van der Waals surface area contributed by atoms with Gasteiger partial charge in [0.2, 0.25) is 0 Å². The van der Waals surface area contributed by atoms with Crippen LogP contribution in [0.4, 0.5) is 0 Å². The van der Waals surface area contributed by atoms with Gasteiger partial charge in [0.05, 0.1) is 37.1 Å². The molecule has 0 amide bonds. The fourth-order valence-corrected chi connectivity index (χ4v) is 11.7. The van der Waals surface area contributed by atoms with Crippen molar-refractivity contribution >= 4 is 0 Å². The number of aliphatic hydroxyl groups is 1. The van der Waals surface area contributed by atoms with E-state index in [0.29, 0.717) is 18.4 Å². The molecule has 0 radical (unpaired) electrons. The van der Waals surface area contributed by atoms with Crippen LogP contribution in [0.3, 0.4) is 0 Å². The van der Waals surface area contributed by atoms with Gasteiger partial charge >= 0.3 is 0 Å². The summed E-state index contributed by atoms with van der Waals surface area (Å²) in [7, 11) is 7.32. The Morgan fingerprint density at radius 2 is 1.91 bits per heavy atom. The molecule has 2 heterocycles. The molecule has 0 aromatic carbocycles. The maximum absolute atomic E-state index is 12.6. The number of ether oxygens (including phenoxy) is 6. The van der Waals surface area contributed by atoms with Gasteiger partial charge in [-0.2, -0.15) is 0 Å². The zero-order valence-electron chi connectivity index (χ0n) is 21.2. The summed E-state index contributed by atoms with van der Waals surface area (Å²) in [5.41, 5.74) is -1.83. The van der Waals surface area contributed by atoms with Crippen LogP contribution < -0.4 is 0 Å². The van der Waals surface area contributed by atoms with E-state index in [4.69, 9.17) is 28.4 Å². The molecule has 8 heteroatoms. The van der Waals surface area contributed by atoms with E-state index < -0.39 is 17.3 Å². The SMILES string of the molecule is CCN1C[C@]2(COC)CC[C@H](OC)[C@@]34[C@@H]5C[C@H]6[C@H](OC)[C@@H]5[C@@]5(C[C@@H]6OC)OCO[C@]5([C@@H](O)[C@H]23)[C@@H]14. The Hall–Kier alpha value is -0.320. The molecule has 5 saturated carbocycles. The number of likely N-dealkylation sites (tertiary alicyclic amines) is 1. The number of nitrogens with zero attached hydrogens (tertiary/aromatic N) is 1. The highest BCUT2D eigenvalue weighted by Crippen LogP contribution is 2.82. The second-order valence-corrected chi connectivity index (χ2v) is 12.2. The Bertz CT molecular complexity index is 859. The van der Waals surface area contributed by atoms with Crippen molar-refractivity contribution in [3.05, 3.63) is 0 Å². The lowest BCUT2D eigenvalue weighted by Crippen LogP contribution is -2.81. The van der Waals surface area contributed by atoms with Crippen LogP contribution in [0, 0.1) is 34.5 Å². The molecule has 5 aliphatic carbocycles. The molecule has 0 aromatic heterocycles. The van der Waals surface area contributed by atoms with Crippen LogP contribution in [-0.2, 0) is 28.4 Å². The minimum absolute atomic E-state index is 0.0240. The van der Waals surface area contributed by atoms with Gasteiger partial charge in [0.1, 0.15) is 18.0 Å². The first-order valence-electron chi connectivity index (χ1n) is 13.2. The fraction of sp³-hybridized carbons (Fsp3) is 1.00. The predicted molar refractivity (Wildman–Crippen MR) is 121 cm³/mol. The van der Waals surface area contributed by atoms with Crippen molar-refractivity contribution in [1.29, 1.82) is 0 Å². The molecule has 34 heavy (non-hydrogen) atoms. The molecule has 3 spiro atoms. The van der Waals surface area contributed by atoms with Gasteiger partial charge in [-0.3, -0.25) is 4.90 Å². The topological polar surface area (TPSA) is 78.9 Å². The molecular formula is C26H41NO7. The van der Waals surface area contributed by atoms with Crippen molar-refractivity contribution in [1.82, 2.24) is 4.90 Å². The summed E-state index contributed by atoms with van der Waals surface area (Å²) < 4.78 is 38.3. The second-order valence-electron chi connectivity index (χ2n) is 12.2. The van der Waals surface area contributed by atoms with E-state index in [-0.39, 0.29) is 53.8 Å².